The molecule has 0 saturated carbocycles. The van der Waals surface area contributed by atoms with Crippen LogP contribution in [0.15, 0.2) is 23.9 Å². The molecule has 2 aliphatic heterocycles. The number of aliphatic hydroxyl groups is 1. The Morgan fingerprint density at radius 3 is 2.25 bits per heavy atom. The van der Waals surface area contributed by atoms with Gasteiger partial charge in [0.2, 0.25) is 0 Å². The quantitative estimate of drug-likeness (QED) is 0.527. The summed E-state index contributed by atoms with van der Waals surface area (Å²) in [6.45, 7) is 7.62. The second-order valence-electron chi connectivity index (χ2n) is 8.03. The number of piperazine rings is 1. The van der Waals surface area contributed by atoms with E-state index in [4.69, 9.17) is 14.2 Å². The lowest BCUT2D eigenvalue weighted by atomic mass is 10.0. The molecule has 0 spiro atoms. The van der Waals surface area contributed by atoms with Crippen LogP contribution in [0.2, 0.25) is 0 Å². The van der Waals surface area contributed by atoms with Gasteiger partial charge in [-0.2, -0.15) is 0 Å². The molecule has 2 aliphatic rings. The van der Waals surface area contributed by atoms with E-state index in [-0.39, 0.29) is 37.7 Å². The molecule has 0 unspecified atom stereocenters. The van der Waals surface area contributed by atoms with Crippen LogP contribution in [-0.2, 0) is 14.3 Å². The molecular weight excluding hydrogens is 414 g/mol. The topological polar surface area (TPSA) is 91.8 Å². The van der Waals surface area contributed by atoms with E-state index in [9.17, 15) is 14.7 Å². The van der Waals surface area contributed by atoms with E-state index in [0.29, 0.717) is 61.1 Å². The van der Waals surface area contributed by atoms with Crippen molar-refractivity contribution in [3.05, 3.63) is 29.5 Å². The van der Waals surface area contributed by atoms with Crippen LogP contribution < -0.4 is 9.47 Å². The number of carbonyl (C=O) groups is 2. The molecule has 9 heteroatoms. The number of β-amino-alcohol motifs (C(OH)–C–C–N with tert-alkyl or cyclic N) is 1. The molecule has 0 bridgehead atoms. The second kappa shape index (κ2) is 10.8. The molecular formula is C23H33N3O6. The fraction of sp³-hybridized carbons (Fsp3) is 0.565. The predicted octanol–water partition coefficient (Wildman–Crippen LogP) is 0.819. The van der Waals surface area contributed by atoms with Gasteiger partial charge in [-0.15, -0.1) is 0 Å². The van der Waals surface area contributed by atoms with E-state index in [2.05, 4.69) is 4.90 Å². The maximum absolute atomic E-state index is 13.4. The van der Waals surface area contributed by atoms with E-state index in [1.807, 2.05) is 18.7 Å². The molecule has 9 nitrogen and oxygen atoms in total. The van der Waals surface area contributed by atoms with Crippen molar-refractivity contribution in [2.24, 2.45) is 0 Å². The summed E-state index contributed by atoms with van der Waals surface area (Å²) in [4.78, 5) is 32.2. The minimum Gasteiger partial charge on any atom is -0.493 e. The Morgan fingerprint density at radius 1 is 0.969 bits per heavy atom. The van der Waals surface area contributed by atoms with Crippen molar-refractivity contribution in [3.63, 3.8) is 0 Å². The molecule has 0 atom stereocenters. The number of rotatable bonds is 10. The highest BCUT2D eigenvalue weighted by molar-refractivity contribution is 6.35. The van der Waals surface area contributed by atoms with E-state index in [1.54, 1.807) is 25.3 Å². The van der Waals surface area contributed by atoms with Gasteiger partial charge < -0.3 is 24.2 Å². The Balaban J connectivity index is 1.95. The van der Waals surface area contributed by atoms with Gasteiger partial charge in [0.1, 0.15) is 5.70 Å². The third kappa shape index (κ3) is 5.06. The maximum atomic E-state index is 13.4. The fourth-order valence-electron chi connectivity index (χ4n) is 4.03. The minimum atomic E-state index is -0.331. The number of carbonyl (C=O) groups excluding carboxylic acids is 2. The van der Waals surface area contributed by atoms with Crippen molar-refractivity contribution in [2.75, 3.05) is 66.7 Å². The van der Waals surface area contributed by atoms with Gasteiger partial charge in [-0.3, -0.25) is 19.4 Å². The molecule has 0 radical (unpaired) electrons. The average Bonchev–Trinajstić information content (AvgIpc) is 3.04. The van der Waals surface area contributed by atoms with Crippen LogP contribution in [0.4, 0.5) is 0 Å². The first-order chi connectivity index (χ1) is 15.4. The first-order valence-corrected chi connectivity index (χ1v) is 10.9. The summed E-state index contributed by atoms with van der Waals surface area (Å²) in [6, 6.07) is 5.24. The fourth-order valence-corrected chi connectivity index (χ4v) is 4.03. The lowest BCUT2D eigenvalue weighted by Crippen LogP contribution is -2.48. The zero-order valence-corrected chi connectivity index (χ0v) is 19.3. The van der Waals surface area contributed by atoms with E-state index in [1.165, 1.54) is 12.0 Å². The Bertz CT molecular complexity index is 861. The summed E-state index contributed by atoms with van der Waals surface area (Å²) in [5.41, 5.74) is 1.40. The summed E-state index contributed by atoms with van der Waals surface area (Å²) in [7, 11) is 3.09. The molecule has 1 aromatic carbocycles. The van der Waals surface area contributed by atoms with Crippen molar-refractivity contribution >= 4 is 17.4 Å². The summed E-state index contributed by atoms with van der Waals surface area (Å²) >= 11 is 0. The van der Waals surface area contributed by atoms with E-state index >= 15 is 0 Å². The van der Waals surface area contributed by atoms with Crippen molar-refractivity contribution in [3.8, 4) is 11.5 Å². The highest BCUT2D eigenvalue weighted by Crippen LogP contribution is 2.36. The highest BCUT2D eigenvalue weighted by Gasteiger charge is 2.42. The third-order valence-electron chi connectivity index (χ3n) is 5.69. The van der Waals surface area contributed by atoms with Crippen molar-refractivity contribution in [2.45, 2.75) is 20.0 Å². The van der Waals surface area contributed by atoms with Crippen LogP contribution in [0.25, 0.3) is 5.57 Å². The van der Waals surface area contributed by atoms with Crippen LogP contribution in [0, 0.1) is 0 Å². The van der Waals surface area contributed by atoms with Crippen LogP contribution in [-0.4, -0.2) is 104 Å². The molecule has 3 rings (SSSR count). The molecule has 1 fully saturated rings. The predicted molar refractivity (Wildman–Crippen MR) is 119 cm³/mol. The van der Waals surface area contributed by atoms with Crippen molar-refractivity contribution < 1.29 is 28.9 Å². The number of hydrogen-bond donors (Lipinski definition) is 1. The van der Waals surface area contributed by atoms with Gasteiger partial charge in [0, 0.05) is 32.7 Å². The van der Waals surface area contributed by atoms with Gasteiger partial charge in [-0.05, 0) is 31.5 Å². The first-order valence-electron chi connectivity index (χ1n) is 10.9. The lowest BCUT2D eigenvalue weighted by Gasteiger charge is -2.36. The Kier molecular flexibility index (Phi) is 8.11. The Hall–Kier alpha value is -2.62. The number of hydrogen-bond acceptors (Lipinski definition) is 8. The first kappa shape index (κ1) is 24.0. The number of aliphatic hydroxyl groups excluding tert-OH is 1. The molecule has 0 aliphatic carbocycles. The number of ether oxygens (including phenoxy) is 3. The molecule has 1 aromatic rings. The van der Waals surface area contributed by atoms with Crippen LogP contribution in [0.3, 0.4) is 0 Å². The summed E-state index contributed by atoms with van der Waals surface area (Å²) in [5, 5.41) is 9.21. The van der Waals surface area contributed by atoms with E-state index < -0.39 is 0 Å². The largest absolute Gasteiger partial charge is 0.493 e. The zero-order chi connectivity index (χ0) is 23.3. The maximum Gasteiger partial charge on any atom is 0.277 e. The van der Waals surface area contributed by atoms with Gasteiger partial charge in [-0.1, -0.05) is 6.07 Å². The molecule has 2 amide bonds. The number of imide groups is 1. The monoisotopic (exact) mass is 447 g/mol. The van der Waals surface area contributed by atoms with Gasteiger partial charge in [0.05, 0.1) is 45.7 Å². The Morgan fingerprint density at radius 2 is 1.66 bits per heavy atom. The van der Waals surface area contributed by atoms with Crippen LogP contribution in [0.5, 0.6) is 11.5 Å². The normalized spacial score (nSPS) is 17.7. The molecule has 0 aromatic heterocycles. The second-order valence-corrected chi connectivity index (χ2v) is 8.03. The van der Waals surface area contributed by atoms with Gasteiger partial charge in [-0.25, -0.2) is 0 Å². The average molecular weight is 448 g/mol. The standard InChI is InChI=1S/C23H33N3O6/c1-16(2)32-14-12-26-22(28)20(17-5-6-18(30-3)19(15-17)31-4)21(23(26)29)25-9-7-24(8-10-25)11-13-27/h5-6,15-16,27H,7-14H2,1-4H3. The van der Waals surface area contributed by atoms with Gasteiger partial charge >= 0.3 is 0 Å². The third-order valence-corrected chi connectivity index (χ3v) is 5.69. The van der Waals surface area contributed by atoms with Gasteiger partial charge in [0.25, 0.3) is 11.8 Å². The highest BCUT2D eigenvalue weighted by atomic mass is 16.5. The summed E-state index contributed by atoms with van der Waals surface area (Å²) < 4.78 is 16.3. The molecule has 176 valence electrons. The van der Waals surface area contributed by atoms with Gasteiger partial charge in [0.15, 0.2) is 11.5 Å². The summed E-state index contributed by atoms with van der Waals surface area (Å²) in [6.07, 6.45) is 0.0140. The molecule has 1 saturated heterocycles. The number of methoxy groups -OCH3 is 2. The SMILES string of the molecule is COc1ccc(C2=C(N3CCN(CCO)CC3)C(=O)N(CCOC(C)C)C2=O)cc1OC. The molecule has 32 heavy (non-hydrogen) atoms. The van der Waals surface area contributed by atoms with Crippen LogP contribution in [0.1, 0.15) is 19.4 Å². The van der Waals surface area contributed by atoms with Crippen LogP contribution >= 0.6 is 0 Å². The number of nitrogens with zero attached hydrogens (tertiary/aromatic N) is 3. The number of benzene rings is 1. The summed E-state index contributed by atoms with van der Waals surface area (Å²) in [5.74, 6) is 0.409. The zero-order valence-electron chi connectivity index (χ0n) is 19.3. The number of amides is 2. The van der Waals surface area contributed by atoms with Crippen molar-refractivity contribution in [1.82, 2.24) is 14.7 Å². The minimum absolute atomic E-state index is 0.0140. The Labute approximate surface area is 189 Å². The molecule has 1 N–H and O–H groups in total. The van der Waals surface area contributed by atoms with E-state index in [0.717, 1.165) is 0 Å². The lowest BCUT2D eigenvalue weighted by molar-refractivity contribution is -0.138. The smallest absolute Gasteiger partial charge is 0.277 e. The molecule has 2 heterocycles. The van der Waals surface area contributed by atoms with Crippen molar-refractivity contribution in [1.29, 1.82) is 0 Å².